The minimum atomic E-state index is -3.52. The predicted octanol–water partition coefficient (Wildman–Crippen LogP) is 0.0672. The van der Waals surface area contributed by atoms with Crippen molar-refractivity contribution in [2.75, 3.05) is 31.1 Å². The lowest BCUT2D eigenvalue weighted by Gasteiger charge is -2.22. The van der Waals surface area contributed by atoms with E-state index in [-0.39, 0.29) is 4.90 Å². The molecule has 0 atom stereocenters. The third kappa shape index (κ3) is 2.92. The van der Waals surface area contributed by atoms with Crippen LogP contribution in [0.5, 0.6) is 0 Å². The van der Waals surface area contributed by atoms with Crippen LogP contribution in [0, 0.1) is 6.92 Å². The lowest BCUT2D eigenvalue weighted by Crippen LogP contribution is -2.35. The van der Waals surface area contributed by atoms with E-state index in [1.807, 2.05) is 19.1 Å². The fourth-order valence-electron chi connectivity index (χ4n) is 3.10. The van der Waals surface area contributed by atoms with E-state index in [1.54, 1.807) is 11.6 Å². The number of hydrogen-bond donors (Lipinski definition) is 0. The summed E-state index contributed by atoms with van der Waals surface area (Å²) in [4.78, 5) is 2.32. The number of aromatic nitrogens is 6. The summed E-state index contributed by atoms with van der Waals surface area (Å²) in [5.74, 6) is 1.51. The zero-order valence-electron chi connectivity index (χ0n) is 14.6. The van der Waals surface area contributed by atoms with Gasteiger partial charge in [0.25, 0.3) is 0 Å². The smallest absolute Gasteiger partial charge is 0.246 e. The number of fused-ring (bicyclic) bond motifs is 1. The highest BCUT2D eigenvalue weighted by Crippen LogP contribution is 2.19. The molecule has 1 aliphatic heterocycles. The van der Waals surface area contributed by atoms with E-state index < -0.39 is 10.0 Å². The van der Waals surface area contributed by atoms with Gasteiger partial charge in [-0.2, -0.15) is 13.9 Å². The molecule has 0 aromatic carbocycles. The summed E-state index contributed by atoms with van der Waals surface area (Å²) in [7, 11) is -1.82. The maximum atomic E-state index is 12.8. The Bertz CT molecular complexity index is 1040. The molecule has 0 N–H and O–H groups in total. The summed E-state index contributed by atoms with van der Waals surface area (Å²) in [5.41, 5.74) is 0.696. The molecule has 1 fully saturated rings. The van der Waals surface area contributed by atoms with Gasteiger partial charge in [0, 0.05) is 39.4 Å². The van der Waals surface area contributed by atoms with E-state index in [4.69, 9.17) is 0 Å². The summed E-state index contributed by atoms with van der Waals surface area (Å²) >= 11 is 0. The lowest BCUT2D eigenvalue weighted by atomic mass is 10.4. The van der Waals surface area contributed by atoms with Gasteiger partial charge in [-0.3, -0.25) is 4.68 Å². The molecule has 3 aromatic rings. The van der Waals surface area contributed by atoms with Gasteiger partial charge < -0.3 is 4.90 Å². The lowest BCUT2D eigenvalue weighted by molar-refractivity contribution is 0.433. The predicted molar refractivity (Wildman–Crippen MR) is 94.3 cm³/mol. The van der Waals surface area contributed by atoms with Crippen LogP contribution in [0.15, 0.2) is 29.4 Å². The molecule has 10 nitrogen and oxygen atoms in total. The third-order valence-corrected chi connectivity index (χ3v) is 6.35. The number of sulfonamides is 1. The molecule has 11 heteroatoms. The van der Waals surface area contributed by atoms with Crippen LogP contribution < -0.4 is 4.90 Å². The molecule has 0 radical (unpaired) electrons. The summed E-state index contributed by atoms with van der Waals surface area (Å²) in [5, 5.41) is 16.6. The van der Waals surface area contributed by atoms with Crippen molar-refractivity contribution in [3.8, 4) is 0 Å². The van der Waals surface area contributed by atoms with Crippen LogP contribution in [0.1, 0.15) is 12.2 Å². The molecular weight excluding hydrogens is 356 g/mol. The molecule has 1 aliphatic rings. The van der Waals surface area contributed by atoms with Crippen molar-refractivity contribution in [2.24, 2.45) is 7.05 Å². The Hall–Kier alpha value is -2.53. The topological polar surface area (TPSA) is 102 Å². The van der Waals surface area contributed by atoms with Gasteiger partial charge in [0.2, 0.25) is 10.0 Å². The van der Waals surface area contributed by atoms with Crippen LogP contribution >= 0.6 is 0 Å². The minimum Gasteiger partial charge on any atom is -0.354 e. The molecule has 0 bridgehead atoms. The summed E-state index contributed by atoms with van der Waals surface area (Å²) < 4.78 is 30.3. The zero-order valence-corrected chi connectivity index (χ0v) is 15.5. The first-order chi connectivity index (χ1) is 12.4. The highest BCUT2D eigenvalue weighted by Gasteiger charge is 2.28. The second-order valence-electron chi connectivity index (χ2n) is 6.30. The highest BCUT2D eigenvalue weighted by atomic mass is 32.2. The van der Waals surface area contributed by atoms with Crippen molar-refractivity contribution in [2.45, 2.75) is 18.2 Å². The summed E-state index contributed by atoms with van der Waals surface area (Å²) in [6.45, 7) is 4.03. The third-order valence-electron chi connectivity index (χ3n) is 4.50. The molecule has 3 aromatic heterocycles. The van der Waals surface area contributed by atoms with Gasteiger partial charge in [0.1, 0.15) is 10.7 Å². The Morgan fingerprint density at radius 3 is 2.69 bits per heavy atom. The van der Waals surface area contributed by atoms with Gasteiger partial charge in [0.05, 0.1) is 6.20 Å². The molecule has 138 valence electrons. The van der Waals surface area contributed by atoms with E-state index in [0.717, 1.165) is 24.6 Å². The van der Waals surface area contributed by atoms with Gasteiger partial charge in [-0.1, -0.05) is 0 Å². The summed E-state index contributed by atoms with van der Waals surface area (Å²) in [6, 6.07) is 3.77. The van der Waals surface area contributed by atoms with Crippen LogP contribution in [-0.2, 0) is 17.1 Å². The largest absolute Gasteiger partial charge is 0.354 e. The zero-order chi connectivity index (χ0) is 18.3. The average molecular weight is 376 g/mol. The standard InChI is InChI=1S/C15H20N8O2S/c1-12-17-18-14-4-5-15(19-23(12)14)21-6-3-7-22(9-8-21)26(24,25)13-10-16-20(2)11-13/h4-5,10-11H,3,6-9H2,1-2H3. The normalized spacial score (nSPS) is 16.9. The van der Waals surface area contributed by atoms with Crippen molar-refractivity contribution in [3.05, 3.63) is 30.4 Å². The first-order valence-corrected chi connectivity index (χ1v) is 9.82. The van der Waals surface area contributed by atoms with E-state index in [1.165, 1.54) is 21.4 Å². The van der Waals surface area contributed by atoms with E-state index >= 15 is 0 Å². The van der Waals surface area contributed by atoms with Crippen molar-refractivity contribution >= 4 is 21.5 Å². The number of anilines is 1. The molecule has 0 saturated carbocycles. The highest BCUT2D eigenvalue weighted by molar-refractivity contribution is 7.89. The maximum Gasteiger partial charge on any atom is 0.246 e. The Morgan fingerprint density at radius 1 is 1.08 bits per heavy atom. The van der Waals surface area contributed by atoms with Crippen LogP contribution in [0.3, 0.4) is 0 Å². The first kappa shape index (κ1) is 16.9. The van der Waals surface area contributed by atoms with Crippen molar-refractivity contribution < 1.29 is 8.42 Å². The maximum absolute atomic E-state index is 12.8. The van der Waals surface area contributed by atoms with Gasteiger partial charge in [-0.15, -0.1) is 15.3 Å². The molecule has 0 spiro atoms. The molecule has 1 saturated heterocycles. The van der Waals surface area contributed by atoms with Crippen LogP contribution in [0.25, 0.3) is 5.65 Å². The summed E-state index contributed by atoms with van der Waals surface area (Å²) in [6.07, 6.45) is 3.64. The Kier molecular flexibility index (Phi) is 4.11. The molecule has 4 heterocycles. The minimum absolute atomic E-state index is 0.230. The van der Waals surface area contributed by atoms with Crippen LogP contribution in [0.4, 0.5) is 5.82 Å². The number of hydrogen-bond acceptors (Lipinski definition) is 7. The number of nitrogens with zero attached hydrogens (tertiary/aromatic N) is 8. The van der Waals surface area contributed by atoms with E-state index in [2.05, 4.69) is 25.3 Å². The quantitative estimate of drug-likeness (QED) is 0.637. The molecule has 0 aliphatic carbocycles. The fraction of sp³-hybridized carbons (Fsp3) is 0.467. The van der Waals surface area contributed by atoms with Crippen molar-refractivity contribution in [3.63, 3.8) is 0 Å². The van der Waals surface area contributed by atoms with Crippen LogP contribution in [0.2, 0.25) is 0 Å². The molecular formula is C15H20N8O2S. The fourth-order valence-corrected chi connectivity index (χ4v) is 4.56. The van der Waals surface area contributed by atoms with Crippen LogP contribution in [-0.4, -0.2) is 68.5 Å². The second-order valence-corrected chi connectivity index (χ2v) is 8.24. The Labute approximate surface area is 151 Å². The van der Waals surface area contributed by atoms with E-state index in [9.17, 15) is 8.42 Å². The molecule has 0 unspecified atom stereocenters. The van der Waals surface area contributed by atoms with Gasteiger partial charge >= 0.3 is 0 Å². The van der Waals surface area contributed by atoms with Gasteiger partial charge in [0.15, 0.2) is 11.5 Å². The van der Waals surface area contributed by atoms with Gasteiger partial charge in [-0.05, 0) is 25.5 Å². The molecule has 0 amide bonds. The Morgan fingerprint density at radius 2 is 1.92 bits per heavy atom. The van der Waals surface area contributed by atoms with Crippen molar-refractivity contribution in [1.29, 1.82) is 0 Å². The number of aryl methyl sites for hydroxylation is 2. The number of rotatable bonds is 3. The first-order valence-electron chi connectivity index (χ1n) is 8.38. The molecule has 26 heavy (non-hydrogen) atoms. The van der Waals surface area contributed by atoms with Crippen molar-refractivity contribution in [1.82, 2.24) is 33.9 Å². The monoisotopic (exact) mass is 376 g/mol. The SMILES string of the molecule is Cc1nnc2ccc(N3CCCN(S(=O)(=O)c4cnn(C)c4)CC3)nn12. The van der Waals surface area contributed by atoms with E-state index in [0.29, 0.717) is 25.3 Å². The van der Waals surface area contributed by atoms with Gasteiger partial charge in [-0.25, -0.2) is 8.42 Å². The average Bonchev–Trinajstić information content (AvgIpc) is 3.12. The molecule has 4 rings (SSSR count). The second kappa shape index (κ2) is 6.32. The Balaban J connectivity index is 1.55.